The van der Waals surface area contributed by atoms with Crippen molar-refractivity contribution in [1.82, 2.24) is 4.98 Å². The second kappa shape index (κ2) is 8.13. The number of aryl methyl sites for hydroxylation is 1. The molecule has 1 aromatic heterocycles. The second-order valence-corrected chi connectivity index (χ2v) is 5.60. The van der Waals surface area contributed by atoms with E-state index in [9.17, 15) is 9.59 Å². The van der Waals surface area contributed by atoms with Crippen LogP contribution in [0.15, 0.2) is 5.38 Å². The van der Waals surface area contributed by atoms with E-state index in [2.05, 4.69) is 10.3 Å². The molecule has 1 atom stereocenters. The normalized spacial score (nSPS) is 11.9. The third-order valence-electron chi connectivity index (χ3n) is 1.99. The molecule has 0 bridgehead atoms. The van der Waals surface area contributed by atoms with E-state index in [-0.39, 0.29) is 11.7 Å². The summed E-state index contributed by atoms with van der Waals surface area (Å²) < 4.78 is 4.77. The highest BCUT2D eigenvalue weighted by Gasteiger charge is 2.15. The zero-order chi connectivity index (χ0) is 14.3. The number of nitrogens with zero attached hydrogens (tertiary/aromatic N) is 1. The lowest BCUT2D eigenvalue weighted by atomic mass is 10.4. The van der Waals surface area contributed by atoms with E-state index in [1.54, 1.807) is 6.92 Å². The Morgan fingerprint density at radius 3 is 2.95 bits per heavy atom. The molecule has 1 unspecified atom stereocenters. The molecule has 0 aromatic carbocycles. The van der Waals surface area contributed by atoms with Gasteiger partial charge in [0.05, 0.1) is 18.1 Å². The van der Waals surface area contributed by atoms with Gasteiger partial charge in [-0.25, -0.2) is 4.98 Å². The number of carbonyl (C=O) groups is 2. The Morgan fingerprint density at radius 2 is 2.37 bits per heavy atom. The number of nitrogens with two attached hydrogens (primary N) is 1. The third kappa shape index (κ3) is 6.04. The highest BCUT2D eigenvalue weighted by Crippen LogP contribution is 2.14. The number of esters is 1. The van der Waals surface area contributed by atoms with Crippen molar-refractivity contribution >= 4 is 40.1 Å². The summed E-state index contributed by atoms with van der Waals surface area (Å²) in [6, 6.07) is -0.695. The first-order chi connectivity index (χ1) is 9.02. The van der Waals surface area contributed by atoms with Crippen LogP contribution in [0.1, 0.15) is 12.6 Å². The molecule has 6 nitrogen and oxygen atoms in total. The van der Waals surface area contributed by atoms with Gasteiger partial charge < -0.3 is 15.8 Å². The van der Waals surface area contributed by atoms with Gasteiger partial charge >= 0.3 is 5.97 Å². The number of anilines is 1. The predicted octanol–water partition coefficient (Wildman–Crippen LogP) is 1.01. The van der Waals surface area contributed by atoms with E-state index in [0.29, 0.717) is 17.5 Å². The van der Waals surface area contributed by atoms with Crippen molar-refractivity contribution < 1.29 is 14.3 Å². The zero-order valence-corrected chi connectivity index (χ0v) is 12.5. The van der Waals surface area contributed by atoms with E-state index in [4.69, 9.17) is 10.5 Å². The fraction of sp³-hybridized carbons (Fsp3) is 0.545. The summed E-state index contributed by atoms with van der Waals surface area (Å²) in [5, 5.41) is 5.12. The number of carbonyl (C=O) groups excluding carboxylic acids is 2. The van der Waals surface area contributed by atoms with Crippen molar-refractivity contribution in [2.24, 2.45) is 5.73 Å². The molecule has 0 aliphatic rings. The number of hydrogen-bond donors (Lipinski definition) is 2. The number of amides is 1. The highest BCUT2D eigenvalue weighted by molar-refractivity contribution is 8.00. The standard InChI is InChI=1S/C11H17N3O3S2/c1-3-17-10(16)8(12)5-18-6-9(15)14-11-13-7(2)4-19-11/h4,8H,3,5-6,12H2,1-2H3,(H,13,14,15). The largest absolute Gasteiger partial charge is 0.465 e. The van der Waals surface area contributed by atoms with Crippen LogP contribution in [-0.2, 0) is 14.3 Å². The summed E-state index contributed by atoms with van der Waals surface area (Å²) >= 11 is 2.67. The molecular formula is C11H17N3O3S2. The van der Waals surface area contributed by atoms with Gasteiger partial charge in [0.25, 0.3) is 0 Å². The minimum absolute atomic E-state index is 0.157. The Bertz CT molecular complexity index is 437. The Morgan fingerprint density at radius 1 is 1.63 bits per heavy atom. The number of hydrogen-bond acceptors (Lipinski definition) is 7. The number of aromatic nitrogens is 1. The maximum atomic E-state index is 11.6. The number of nitrogens with one attached hydrogen (secondary N) is 1. The lowest BCUT2D eigenvalue weighted by Crippen LogP contribution is -2.35. The molecule has 19 heavy (non-hydrogen) atoms. The third-order valence-corrected chi connectivity index (χ3v) is 3.92. The first-order valence-electron chi connectivity index (χ1n) is 5.75. The van der Waals surface area contributed by atoms with Gasteiger partial charge in [0.2, 0.25) is 5.91 Å². The van der Waals surface area contributed by atoms with E-state index in [1.165, 1.54) is 23.1 Å². The van der Waals surface area contributed by atoms with Crippen LogP contribution in [0.2, 0.25) is 0 Å². The Hall–Kier alpha value is -1.12. The van der Waals surface area contributed by atoms with Crippen molar-refractivity contribution in [3.05, 3.63) is 11.1 Å². The zero-order valence-electron chi connectivity index (χ0n) is 10.8. The number of thiazole rings is 1. The maximum Gasteiger partial charge on any atom is 0.323 e. The molecular weight excluding hydrogens is 286 g/mol. The summed E-state index contributed by atoms with van der Waals surface area (Å²) in [6.07, 6.45) is 0. The molecule has 0 aliphatic carbocycles. The van der Waals surface area contributed by atoms with Gasteiger partial charge in [-0.3, -0.25) is 9.59 Å². The number of thioether (sulfide) groups is 1. The quantitative estimate of drug-likeness (QED) is 0.730. The lowest BCUT2D eigenvalue weighted by molar-refractivity contribution is -0.144. The molecule has 8 heteroatoms. The van der Waals surface area contributed by atoms with Gasteiger partial charge in [0.15, 0.2) is 5.13 Å². The van der Waals surface area contributed by atoms with Gasteiger partial charge in [-0.1, -0.05) is 0 Å². The van der Waals surface area contributed by atoms with Crippen LogP contribution in [0.5, 0.6) is 0 Å². The molecule has 1 heterocycles. The average Bonchev–Trinajstić information content (AvgIpc) is 2.74. The van der Waals surface area contributed by atoms with Crippen LogP contribution in [0, 0.1) is 6.92 Å². The smallest absolute Gasteiger partial charge is 0.323 e. The summed E-state index contributed by atoms with van der Waals surface area (Å²) in [4.78, 5) is 26.9. The van der Waals surface area contributed by atoms with E-state index in [0.717, 1.165) is 5.69 Å². The van der Waals surface area contributed by atoms with E-state index < -0.39 is 12.0 Å². The molecule has 1 aromatic rings. The van der Waals surface area contributed by atoms with Gasteiger partial charge in [0, 0.05) is 11.1 Å². The maximum absolute atomic E-state index is 11.6. The molecule has 1 amide bonds. The molecule has 106 valence electrons. The molecule has 0 fully saturated rings. The Labute approximate surface area is 120 Å². The Kier molecular flexibility index (Phi) is 6.82. The van der Waals surface area contributed by atoms with Crippen molar-refractivity contribution in [3.8, 4) is 0 Å². The van der Waals surface area contributed by atoms with E-state index >= 15 is 0 Å². The van der Waals surface area contributed by atoms with E-state index in [1.807, 2.05) is 12.3 Å². The fourth-order valence-electron chi connectivity index (χ4n) is 1.16. The predicted molar refractivity (Wildman–Crippen MR) is 77.4 cm³/mol. The van der Waals surface area contributed by atoms with Gasteiger partial charge in [-0.15, -0.1) is 23.1 Å². The van der Waals surface area contributed by atoms with Crippen molar-refractivity contribution in [2.45, 2.75) is 19.9 Å². The number of ether oxygens (including phenoxy) is 1. The SMILES string of the molecule is CCOC(=O)C(N)CSCC(=O)Nc1nc(C)cs1. The lowest BCUT2D eigenvalue weighted by Gasteiger charge is -2.09. The van der Waals surface area contributed by atoms with Crippen LogP contribution in [0.4, 0.5) is 5.13 Å². The number of rotatable bonds is 7. The molecule has 0 spiro atoms. The first kappa shape index (κ1) is 15.9. The van der Waals surface area contributed by atoms with Crippen LogP contribution >= 0.6 is 23.1 Å². The minimum atomic E-state index is -0.695. The molecule has 0 aliphatic heterocycles. The first-order valence-corrected chi connectivity index (χ1v) is 7.78. The minimum Gasteiger partial charge on any atom is -0.465 e. The molecule has 0 saturated heterocycles. The summed E-state index contributed by atoms with van der Waals surface area (Å²) in [5.41, 5.74) is 6.48. The average molecular weight is 303 g/mol. The molecule has 3 N–H and O–H groups in total. The van der Waals surface area contributed by atoms with Crippen LogP contribution in [0.25, 0.3) is 0 Å². The monoisotopic (exact) mass is 303 g/mol. The molecule has 0 radical (unpaired) electrons. The summed E-state index contributed by atoms with van der Waals surface area (Å²) in [6.45, 7) is 3.89. The van der Waals surface area contributed by atoms with Gasteiger partial charge in [-0.05, 0) is 13.8 Å². The van der Waals surface area contributed by atoms with Crippen LogP contribution in [-0.4, -0.2) is 41.0 Å². The molecule has 1 rings (SSSR count). The van der Waals surface area contributed by atoms with Gasteiger partial charge in [0.1, 0.15) is 6.04 Å². The second-order valence-electron chi connectivity index (χ2n) is 3.72. The Balaban J connectivity index is 2.22. The van der Waals surface area contributed by atoms with Gasteiger partial charge in [-0.2, -0.15) is 0 Å². The van der Waals surface area contributed by atoms with Crippen molar-refractivity contribution in [3.63, 3.8) is 0 Å². The van der Waals surface area contributed by atoms with Crippen LogP contribution < -0.4 is 11.1 Å². The fourth-order valence-corrected chi connectivity index (χ4v) is 2.63. The van der Waals surface area contributed by atoms with Crippen molar-refractivity contribution in [2.75, 3.05) is 23.4 Å². The summed E-state index contributed by atoms with van der Waals surface area (Å²) in [5.74, 6) is -0.0177. The highest BCUT2D eigenvalue weighted by atomic mass is 32.2. The van der Waals surface area contributed by atoms with Crippen LogP contribution in [0.3, 0.4) is 0 Å². The van der Waals surface area contributed by atoms with Crippen molar-refractivity contribution in [1.29, 1.82) is 0 Å². The topological polar surface area (TPSA) is 94.3 Å². The summed E-state index contributed by atoms with van der Waals surface area (Å²) in [7, 11) is 0. The molecule has 0 saturated carbocycles.